The molecule has 0 bridgehead atoms. The second-order valence-electron chi connectivity index (χ2n) is 8.67. The molecular weight excluding hydrogens is 412 g/mol. The van der Waals surface area contributed by atoms with Crippen LogP contribution in [-0.4, -0.2) is 47.4 Å². The van der Waals surface area contributed by atoms with Crippen molar-refractivity contribution in [2.24, 2.45) is 0 Å². The molecule has 1 saturated heterocycles. The smallest absolute Gasteiger partial charge is 0.229 e. The number of nitrogens with zero attached hydrogens (tertiary/aromatic N) is 4. The number of hydrogen-bond acceptors (Lipinski definition) is 6. The van der Waals surface area contributed by atoms with Crippen LogP contribution in [0.5, 0.6) is 0 Å². The lowest BCUT2D eigenvalue weighted by Gasteiger charge is -2.28. The average Bonchev–Trinajstić information content (AvgIpc) is 3.19. The number of rotatable bonds is 4. The summed E-state index contributed by atoms with van der Waals surface area (Å²) in [4.78, 5) is 12.0. The van der Waals surface area contributed by atoms with Crippen molar-refractivity contribution in [3.63, 3.8) is 0 Å². The van der Waals surface area contributed by atoms with E-state index in [1.54, 1.807) is 0 Å². The zero-order valence-corrected chi connectivity index (χ0v) is 18.8. The molecule has 0 unspecified atom stereocenters. The maximum absolute atomic E-state index is 5.46. The number of fused-ring (bicyclic) bond motifs is 3. The van der Waals surface area contributed by atoms with Crippen molar-refractivity contribution in [3.05, 3.63) is 66.0 Å². The number of aromatic nitrogens is 3. The zero-order chi connectivity index (χ0) is 22.2. The van der Waals surface area contributed by atoms with Crippen molar-refractivity contribution < 1.29 is 4.74 Å². The van der Waals surface area contributed by atoms with Crippen LogP contribution >= 0.6 is 0 Å². The van der Waals surface area contributed by atoms with Gasteiger partial charge >= 0.3 is 0 Å². The summed E-state index contributed by atoms with van der Waals surface area (Å²) < 4.78 is 7.81. The summed E-state index contributed by atoms with van der Waals surface area (Å²) >= 11 is 0. The summed E-state index contributed by atoms with van der Waals surface area (Å²) in [6.07, 6.45) is 1.97. The van der Waals surface area contributed by atoms with Gasteiger partial charge in [0, 0.05) is 66.9 Å². The number of aryl methyl sites for hydroxylation is 1. The molecule has 33 heavy (non-hydrogen) atoms. The van der Waals surface area contributed by atoms with E-state index in [1.807, 2.05) is 6.20 Å². The molecule has 7 heteroatoms. The van der Waals surface area contributed by atoms with Crippen molar-refractivity contribution in [2.45, 2.75) is 20.0 Å². The van der Waals surface area contributed by atoms with Crippen LogP contribution in [0.15, 0.2) is 54.7 Å². The second kappa shape index (κ2) is 8.50. The van der Waals surface area contributed by atoms with Gasteiger partial charge in [-0.25, -0.2) is 4.98 Å². The molecule has 7 nitrogen and oxygen atoms in total. The highest BCUT2D eigenvalue weighted by molar-refractivity contribution is 5.97. The van der Waals surface area contributed by atoms with E-state index in [-0.39, 0.29) is 0 Å². The number of hydrogen-bond donors (Lipinski definition) is 2. The zero-order valence-electron chi connectivity index (χ0n) is 18.8. The lowest BCUT2D eigenvalue weighted by molar-refractivity contribution is 0.122. The van der Waals surface area contributed by atoms with Gasteiger partial charge in [0.1, 0.15) is 5.65 Å². The van der Waals surface area contributed by atoms with E-state index in [0.29, 0.717) is 5.95 Å². The number of nitrogens with one attached hydrogen (secondary N) is 2. The van der Waals surface area contributed by atoms with Crippen molar-refractivity contribution in [1.29, 1.82) is 0 Å². The molecule has 2 aromatic heterocycles. The SMILES string of the molecule is Cc1ccccc1-c1c2n(c3nc(Nc4ccc(N5CCOCC5)cc4)ncc13)CCNC2. The lowest BCUT2D eigenvalue weighted by Crippen LogP contribution is -2.36. The minimum atomic E-state index is 0.622. The van der Waals surface area contributed by atoms with E-state index in [9.17, 15) is 0 Å². The maximum atomic E-state index is 5.46. The number of benzene rings is 2. The van der Waals surface area contributed by atoms with Crippen LogP contribution in [0.2, 0.25) is 0 Å². The molecule has 168 valence electrons. The summed E-state index contributed by atoms with van der Waals surface area (Å²) in [6, 6.07) is 17.0. The third-order valence-corrected chi connectivity index (χ3v) is 6.63. The van der Waals surface area contributed by atoms with Crippen molar-refractivity contribution in [2.75, 3.05) is 43.1 Å². The minimum Gasteiger partial charge on any atom is -0.378 e. The van der Waals surface area contributed by atoms with Crippen molar-refractivity contribution in [3.8, 4) is 11.1 Å². The molecule has 0 saturated carbocycles. The first-order valence-corrected chi connectivity index (χ1v) is 11.6. The Morgan fingerprint density at radius 3 is 2.64 bits per heavy atom. The summed E-state index contributed by atoms with van der Waals surface area (Å²) in [5, 5.41) is 8.03. The summed E-state index contributed by atoms with van der Waals surface area (Å²) in [7, 11) is 0. The molecule has 2 N–H and O–H groups in total. The fraction of sp³-hybridized carbons (Fsp3) is 0.308. The Morgan fingerprint density at radius 1 is 1.00 bits per heavy atom. The Balaban J connectivity index is 1.34. The van der Waals surface area contributed by atoms with E-state index in [2.05, 4.69) is 75.6 Å². The highest BCUT2D eigenvalue weighted by atomic mass is 16.5. The van der Waals surface area contributed by atoms with E-state index in [4.69, 9.17) is 14.7 Å². The molecular formula is C26H28N6O. The van der Waals surface area contributed by atoms with E-state index < -0.39 is 0 Å². The molecule has 2 aliphatic rings. The fourth-order valence-corrected chi connectivity index (χ4v) is 4.92. The first kappa shape index (κ1) is 20.2. The first-order valence-electron chi connectivity index (χ1n) is 11.6. The minimum absolute atomic E-state index is 0.622. The van der Waals surface area contributed by atoms with Crippen molar-refractivity contribution in [1.82, 2.24) is 19.9 Å². The molecule has 0 aliphatic carbocycles. The van der Waals surface area contributed by atoms with Crippen molar-refractivity contribution >= 4 is 28.4 Å². The molecule has 0 radical (unpaired) electrons. The van der Waals surface area contributed by atoms with Gasteiger partial charge in [0.05, 0.1) is 13.2 Å². The third kappa shape index (κ3) is 3.73. The summed E-state index contributed by atoms with van der Waals surface area (Å²) in [5.41, 5.74) is 8.24. The van der Waals surface area contributed by atoms with Gasteiger partial charge < -0.3 is 24.8 Å². The van der Waals surface area contributed by atoms with E-state index >= 15 is 0 Å². The van der Waals surface area contributed by atoms with Gasteiger partial charge in [0.25, 0.3) is 0 Å². The first-order chi connectivity index (χ1) is 16.3. The Hall–Kier alpha value is -3.42. The Labute approximate surface area is 193 Å². The quantitative estimate of drug-likeness (QED) is 0.498. The van der Waals surface area contributed by atoms with Gasteiger partial charge in [-0.2, -0.15) is 4.98 Å². The third-order valence-electron chi connectivity index (χ3n) is 6.63. The number of morpholine rings is 1. The van der Waals surface area contributed by atoms with Crippen LogP contribution in [0.3, 0.4) is 0 Å². The monoisotopic (exact) mass is 440 g/mol. The van der Waals surface area contributed by atoms with Gasteiger partial charge in [-0.05, 0) is 42.3 Å². The molecule has 6 rings (SSSR count). The molecule has 0 amide bonds. The van der Waals surface area contributed by atoms with E-state index in [1.165, 1.54) is 28.1 Å². The second-order valence-corrected chi connectivity index (χ2v) is 8.67. The molecule has 0 atom stereocenters. The van der Waals surface area contributed by atoms with Crippen LogP contribution in [0.4, 0.5) is 17.3 Å². The topological polar surface area (TPSA) is 67.2 Å². The normalized spacial score (nSPS) is 16.1. The molecule has 2 aliphatic heterocycles. The van der Waals surface area contributed by atoms with Crippen LogP contribution in [-0.2, 0) is 17.8 Å². The van der Waals surface area contributed by atoms with Gasteiger partial charge in [-0.3, -0.25) is 0 Å². The molecule has 4 heterocycles. The highest BCUT2D eigenvalue weighted by Gasteiger charge is 2.23. The van der Waals surface area contributed by atoms with Gasteiger partial charge in [0.2, 0.25) is 5.95 Å². The summed E-state index contributed by atoms with van der Waals surface area (Å²) in [5.74, 6) is 0.622. The number of anilines is 3. The highest BCUT2D eigenvalue weighted by Crippen LogP contribution is 2.37. The van der Waals surface area contributed by atoms with Gasteiger partial charge in [0.15, 0.2) is 0 Å². The Morgan fingerprint density at radius 2 is 1.82 bits per heavy atom. The largest absolute Gasteiger partial charge is 0.378 e. The molecule has 2 aromatic carbocycles. The van der Waals surface area contributed by atoms with E-state index in [0.717, 1.165) is 62.7 Å². The van der Waals surface area contributed by atoms with Crippen LogP contribution in [0.25, 0.3) is 22.2 Å². The molecule has 4 aromatic rings. The predicted octanol–water partition coefficient (Wildman–Crippen LogP) is 4.09. The Kier molecular flexibility index (Phi) is 5.20. The van der Waals surface area contributed by atoms with Crippen LogP contribution < -0.4 is 15.5 Å². The molecule has 1 fully saturated rings. The number of ether oxygens (including phenoxy) is 1. The van der Waals surface area contributed by atoms with Crippen LogP contribution in [0, 0.1) is 6.92 Å². The lowest BCUT2D eigenvalue weighted by atomic mass is 9.98. The fourth-order valence-electron chi connectivity index (χ4n) is 4.92. The average molecular weight is 441 g/mol. The summed E-state index contributed by atoms with van der Waals surface area (Å²) in [6.45, 7) is 8.30. The standard InChI is InChI=1S/C26H28N6O/c1-18-4-2-3-5-21(18)24-22-16-28-26(30-25(22)32-11-10-27-17-23(24)32)29-19-6-8-20(9-7-19)31-12-14-33-15-13-31/h2-9,16,27H,10-15,17H2,1H3,(H,28,29,30). The van der Waals surface area contributed by atoms with Crippen LogP contribution in [0.1, 0.15) is 11.3 Å². The maximum Gasteiger partial charge on any atom is 0.229 e. The molecule has 0 spiro atoms. The Bertz CT molecular complexity index is 1290. The van der Waals surface area contributed by atoms with Gasteiger partial charge in [-0.1, -0.05) is 24.3 Å². The van der Waals surface area contributed by atoms with Gasteiger partial charge in [-0.15, -0.1) is 0 Å². The predicted molar refractivity (Wildman–Crippen MR) is 132 cm³/mol.